The molecule has 3 aromatic rings. The summed E-state index contributed by atoms with van der Waals surface area (Å²) >= 11 is 2.29. The Kier molecular flexibility index (Phi) is 4.11. The van der Waals surface area contributed by atoms with Crippen LogP contribution in [0.15, 0.2) is 79.0 Å². The van der Waals surface area contributed by atoms with Crippen LogP contribution in [0.1, 0.15) is 22.7 Å². The van der Waals surface area contributed by atoms with Crippen LogP contribution < -0.4 is 0 Å². The molecule has 0 saturated carbocycles. The van der Waals surface area contributed by atoms with Gasteiger partial charge < -0.3 is 0 Å². The number of halogens is 1. The van der Waals surface area contributed by atoms with Gasteiger partial charge in [-0.05, 0) is 45.9 Å². The molecule has 0 fully saturated rings. The van der Waals surface area contributed by atoms with E-state index in [1.54, 1.807) is 0 Å². The van der Waals surface area contributed by atoms with Gasteiger partial charge in [0.2, 0.25) is 0 Å². The highest BCUT2D eigenvalue weighted by Crippen LogP contribution is 2.30. The number of hydrogen-bond acceptors (Lipinski definition) is 1. The second-order valence-electron chi connectivity index (χ2n) is 4.66. The Morgan fingerprint density at radius 1 is 0.700 bits per heavy atom. The number of nitrogens with zero attached hydrogens (tertiary/aromatic N) is 1. The fourth-order valence-electron chi connectivity index (χ4n) is 2.38. The summed E-state index contributed by atoms with van der Waals surface area (Å²) in [6.07, 6.45) is 1.93. The van der Waals surface area contributed by atoms with Crippen LogP contribution in [-0.2, 0) is 0 Å². The Labute approximate surface area is 132 Å². The lowest BCUT2D eigenvalue weighted by atomic mass is 9.88. The van der Waals surface area contributed by atoms with Gasteiger partial charge in [0.15, 0.2) is 0 Å². The molecule has 0 spiro atoms. The number of hydrogen-bond donors (Lipinski definition) is 0. The Balaban J connectivity index is 2.11. The summed E-state index contributed by atoms with van der Waals surface area (Å²) in [5.74, 6) is 0.189. The highest BCUT2D eigenvalue weighted by Gasteiger charge is 2.17. The summed E-state index contributed by atoms with van der Waals surface area (Å²) in [6, 6.07) is 25.3. The summed E-state index contributed by atoms with van der Waals surface area (Å²) in [5, 5.41) is 0. The van der Waals surface area contributed by atoms with Crippen molar-refractivity contribution in [3.63, 3.8) is 0 Å². The maximum atomic E-state index is 4.62. The van der Waals surface area contributed by atoms with Crippen molar-refractivity contribution in [1.29, 1.82) is 0 Å². The highest BCUT2D eigenvalue weighted by atomic mass is 127. The molecule has 0 N–H and O–H groups in total. The quantitative estimate of drug-likeness (QED) is 0.599. The first kappa shape index (κ1) is 13.3. The summed E-state index contributed by atoms with van der Waals surface area (Å²) in [6.45, 7) is 0. The maximum Gasteiger partial charge on any atom is 0.0523 e. The zero-order valence-corrected chi connectivity index (χ0v) is 13.1. The second kappa shape index (κ2) is 6.18. The molecule has 0 aliphatic heterocycles. The fraction of sp³-hybridized carbons (Fsp3) is 0.0556. The van der Waals surface area contributed by atoms with E-state index in [4.69, 9.17) is 0 Å². The van der Waals surface area contributed by atoms with Gasteiger partial charge in [0, 0.05) is 9.77 Å². The highest BCUT2D eigenvalue weighted by molar-refractivity contribution is 14.1. The molecular weight excluding hydrogens is 357 g/mol. The molecular formula is C18H14IN. The molecule has 0 amide bonds. The molecule has 0 atom stereocenters. The van der Waals surface area contributed by atoms with E-state index in [0.717, 1.165) is 9.26 Å². The fourth-order valence-corrected chi connectivity index (χ4v) is 2.70. The number of aromatic nitrogens is 1. The largest absolute Gasteiger partial charge is 0.259 e. The molecule has 1 nitrogen and oxygen atoms in total. The molecule has 0 bridgehead atoms. The number of benzene rings is 2. The Hall–Kier alpha value is -1.68. The molecule has 20 heavy (non-hydrogen) atoms. The molecule has 98 valence electrons. The van der Waals surface area contributed by atoms with Crippen LogP contribution in [0.5, 0.6) is 0 Å². The van der Waals surface area contributed by atoms with E-state index in [9.17, 15) is 0 Å². The molecule has 0 saturated heterocycles. The van der Waals surface area contributed by atoms with Gasteiger partial charge in [0.25, 0.3) is 0 Å². The summed E-state index contributed by atoms with van der Waals surface area (Å²) < 4.78 is 1.16. The van der Waals surface area contributed by atoms with Crippen molar-refractivity contribution in [3.05, 3.63) is 99.4 Å². The van der Waals surface area contributed by atoms with Crippen molar-refractivity contribution in [1.82, 2.24) is 4.98 Å². The third kappa shape index (κ3) is 2.90. The van der Waals surface area contributed by atoms with Gasteiger partial charge in [0.1, 0.15) is 0 Å². The van der Waals surface area contributed by atoms with Crippen molar-refractivity contribution in [2.75, 3.05) is 0 Å². The molecule has 2 aromatic carbocycles. The average Bonchev–Trinajstić information content (AvgIpc) is 2.52. The van der Waals surface area contributed by atoms with E-state index in [-0.39, 0.29) is 5.92 Å². The summed E-state index contributed by atoms with van der Waals surface area (Å²) in [7, 11) is 0. The van der Waals surface area contributed by atoms with Gasteiger partial charge in [0.05, 0.1) is 11.6 Å². The predicted molar refractivity (Wildman–Crippen MR) is 90.8 cm³/mol. The van der Waals surface area contributed by atoms with E-state index < -0.39 is 0 Å². The molecule has 1 aromatic heterocycles. The number of rotatable bonds is 3. The smallest absolute Gasteiger partial charge is 0.0523 e. The minimum atomic E-state index is 0.189. The first-order valence-electron chi connectivity index (χ1n) is 6.56. The molecule has 0 radical (unpaired) electrons. The molecule has 0 unspecified atom stereocenters. The van der Waals surface area contributed by atoms with E-state index in [1.807, 2.05) is 18.3 Å². The Morgan fingerprint density at radius 2 is 1.25 bits per heavy atom. The topological polar surface area (TPSA) is 12.9 Å². The first-order chi connectivity index (χ1) is 9.84. The van der Waals surface area contributed by atoms with Crippen LogP contribution in [0.3, 0.4) is 0 Å². The molecule has 0 aliphatic rings. The van der Waals surface area contributed by atoms with Crippen molar-refractivity contribution in [2.45, 2.75) is 5.92 Å². The molecule has 3 rings (SSSR count). The normalized spacial score (nSPS) is 10.7. The zero-order valence-electron chi connectivity index (χ0n) is 10.9. The van der Waals surface area contributed by atoms with Crippen LogP contribution in [0, 0.1) is 3.57 Å². The third-order valence-corrected chi connectivity index (χ3v) is 3.95. The van der Waals surface area contributed by atoms with E-state index in [1.165, 1.54) is 11.1 Å². The maximum absolute atomic E-state index is 4.62. The first-order valence-corrected chi connectivity index (χ1v) is 7.64. The van der Waals surface area contributed by atoms with Crippen LogP contribution in [0.2, 0.25) is 0 Å². The van der Waals surface area contributed by atoms with E-state index >= 15 is 0 Å². The van der Waals surface area contributed by atoms with Gasteiger partial charge in [-0.2, -0.15) is 0 Å². The molecule has 1 heterocycles. The lowest BCUT2D eigenvalue weighted by Gasteiger charge is -2.17. The van der Waals surface area contributed by atoms with Gasteiger partial charge in [-0.3, -0.25) is 4.98 Å². The Morgan fingerprint density at radius 3 is 1.70 bits per heavy atom. The van der Waals surface area contributed by atoms with Gasteiger partial charge in [-0.25, -0.2) is 0 Å². The zero-order chi connectivity index (χ0) is 13.8. The summed E-state index contributed by atoms with van der Waals surface area (Å²) in [4.78, 5) is 4.62. The van der Waals surface area contributed by atoms with Crippen LogP contribution in [-0.4, -0.2) is 4.98 Å². The van der Waals surface area contributed by atoms with Crippen molar-refractivity contribution >= 4 is 22.6 Å². The third-order valence-electron chi connectivity index (χ3n) is 3.31. The summed E-state index contributed by atoms with van der Waals surface area (Å²) in [5.41, 5.74) is 3.63. The van der Waals surface area contributed by atoms with Crippen molar-refractivity contribution in [2.24, 2.45) is 0 Å². The lowest BCUT2D eigenvalue weighted by Crippen LogP contribution is -2.05. The van der Waals surface area contributed by atoms with Crippen molar-refractivity contribution < 1.29 is 0 Å². The average molecular weight is 371 g/mol. The van der Waals surface area contributed by atoms with Crippen LogP contribution in [0.25, 0.3) is 0 Å². The van der Waals surface area contributed by atoms with E-state index in [0.29, 0.717) is 0 Å². The minimum Gasteiger partial charge on any atom is -0.259 e. The molecule has 0 aliphatic carbocycles. The monoisotopic (exact) mass is 371 g/mol. The van der Waals surface area contributed by atoms with Crippen LogP contribution in [0.4, 0.5) is 0 Å². The minimum absolute atomic E-state index is 0.189. The Bertz CT molecular complexity index is 623. The molecule has 2 heteroatoms. The van der Waals surface area contributed by atoms with Crippen molar-refractivity contribution in [3.8, 4) is 0 Å². The van der Waals surface area contributed by atoms with Gasteiger partial charge >= 0.3 is 0 Å². The number of pyridine rings is 1. The van der Waals surface area contributed by atoms with Crippen LogP contribution >= 0.6 is 22.6 Å². The predicted octanol–water partition coefficient (Wildman–Crippen LogP) is 4.87. The standard InChI is InChI=1S/C18H14IN/c19-16-11-12-17(20-13-16)18(14-7-3-1-4-8-14)15-9-5-2-6-10-15/h1-13,18H. The second-order valence-corrected chi connectivity index (χ2v) is 5.90. The van der Waals surface area contributed by atoms with Gasteiger partial charge in [-0.1, -0.05) is 60.7 Å². The SMILES string of the molecule is Ic1ccc(C(c2ccccc2)c2ccccc2)nc1. The van der Waals surface area contributed by atoms with E-state index in [2.05, 4.69) is 88.2 Å². The lowest BCUT2D eigenvalue weighted by molar-refractivity contribution is 0.916. The van der Waals surface area contributed by atoms with Gasteiger partial charge in [-0.15, -0.1) is 0 Å².